The zero-order valence-electron chi connectivity index (χ0n) is 13.0. The minimum atomic E-state index is -0.125. The molecule has 0 saturated carbocycles. The Balaban J connectivity index is 1.55. The molecule has 0 radical (unpaired) electrons. The minimum Gasteiger partial charge on any atom is -0.342 e. The molecule has 0 bridgehead atoms. The Kier molecular flexibility index (Phi) is 5.28. The van der Waals surface area contributed by atoms with Crippen molar-refractivity contribution in [2.24, 2.45) is 0 Å². The Morgan fingerprint density at radius 3 is 2.78 bits per heavy atom. The van der Waals surface area contributed by atoms with Crippen LogP contribution in [0.5, 0.6) is 0 Å². The number of carbonyl (C=O) groups is 1. The van der Waals surface area contributed by atoms with Gasteiger partial charge in [-0.3, -0.25) is 9.89 Å². The van der Waals surface area contributed by atoms with Gasteiger partial charge in [0.05, 0.1) is 16.5 Å². The topological polar surface area (TPSA) is 49.0 Å². The van der Waals surface area contributed by atoms with Crippen LogP contribution in [0.3, 0.4) is 0 Å². The van der Waals surface area contributed by atoms with Gasteiger partial charge in [0.15, 0.2) is 0 Å². The van der Waals surface area contributed by atoms with Gasteiger partial charge in [0, 0.05) is 24.2 Å². The Hall–Kier alpha value is -1.46. The van der Waals surface area contributed by atoms with Crippen LogP contribution in [0.25, 0.3) is 0 Å². The second-order valence-electron chi connectivity index (χ2n) is 5.82. The molecule has 2 aromatic rings. The molecule has 6 heteroatoms. The van der Waals surface area contributed by atoms with Gasteiger partial charge in [-0.1, -0.05) is 23.7 Å². The van der Waals surface area contributed by atoms with Crippen molar-refractivity contribution in [2.45, 2.75) is 35.8 Å². The van der Waals surface area contributed by atoms with E-state index in [-0.39, 0.29) is 11.2 Å². The van der Waals surface area contributed by atoms with E-state index in [4.69, 9.17) is 11.6 Å². The van der Waals surface area contributed by atoms with E-state index in [0.29, 0.717) is 10.9 Å². The number of rotatable bonds is 4. The third-order valence-electron chi connectivity index (χ3n) is 4.29. The molecule has 1 atom stereocenters. The predicted molar refractivity (Wildman–Crippen MR) is 93.9 cm³/mol. The van der Waals surface area contributed by atoms with E-state index in [1.54, 1.807) is 0 Å². The molecular formula is C17H20ClN3OS. The first kappa shape index (κ1) is 16.4. The summed E-state index contributed by atoms with van der Waals surface area (Å²) in [4.78, 5) is 15.6. The molecule has 2 heterocycles. The van der Waals surface area contributed by atoms with Crippen LogP contribution in [0.15, 0.2) is 41.6 Å². The second kappa shape index (κ2) is 7.41. The Morgan fingerprint density at radius 2 is 2.13 bits per heavy atom. The van der Waals surface area contributed by atoms with Crippen molar-refractivity contribution < 1.29 is 4.79 Å². The highest BCUT2D eigenvalue weighted by Gasteiger charge is 2.27. The lowest BCUT2D eigenvalue weighted by molar-refractivity contribution is -0.131. The number of likely N-dealkylation sites (tertiary alicyclic amines) is 1. The fourth-order valence-corrected chi connectivity index (χ4v) is 4.19. The number of thioether (sulfide) groups is 1. The summed E-state index contributed by atoms with van der Waals surface area (Å²) in [6.07, 6.45) is 5.83. The van der Waals surface area contributed by atoms with Crippen molar-refractivity contribution in [2.75, 3.05) is 13.1 Å². The molecular weight excluding hydrogens is 330 g/mol. The molecule has 122 valence electrons. The minimum absolute atomic E-state index is 0.125. The number of amides is 1. The molecule has 1 saturated heterocycles. The van der Waals surface area contributed by atoms with Crippen LogP contribution in [0, 0.1) is 0 Å². The van der Waals surface area contributed by atoms with Crippen molar-refractivity contribution >= 4 is 29.3 Å². The fraction of sp³-hybridized carbons (Fsp3) is 0.412. The number of hydrogen-bond acceptors (Lipinski definition) is 3. The number of halogens is 1. The molecule has 0 spiro atoms. The first-order chi connectivity index (χ1) is 11.1. The average molecular weight is 350 g/mol. The monoisotopic (exact) mass is 349 g/mol. The van der Waals surface area contributed by atoms with E-state index >= 15 is 0 Å². The Labute approximate surface area is 145 Å². The molecule has 1 aliphatic rings. The van der Waals surface area contributed by atoms with E-state index < -0.39 is 0 Å². The van der Waals surface area contributed by atoms with Crippen molar-refractivity contribution in [3.63, 3.8) is 0 Å². The van der Waals surface area contributed by atoms with Crippen LogP contribution >= 0.6 is 23.4 Å². The molecule has 23 heavy (non-hydrogen) atoms. The SMILES string of the molecule is C[C@@H](Sc1ccccc1Cl)C(=O)N1CCC(c2cn[nH]c2)CC1. The number of piperidine rings is 1. The van der Waals surface area contributed by atoms with Gasteiger partial charge in [-0.2, -0.15) is 5.10 Å². The number of benzene rings is 1. The molecule has 1 aromatic heterocycles. The van der Waals surface area contributed by atoms with Crippen molar-refractivity contribution in [1.82, 2.24) is 15.1 Å². The summed E-state index contributed by atoms with van der Waals surface area (Å²) in [6, 6.07) is 7.67. The largest absolute Gasteiger partial charge is 0.342 e. The van der Waals surface area contributed by atoms with Crippen molar-refractivity contribution in [1.29, 1.82) is 0 Å². The standard InChI is InChI=1S/C17H20ClN3OS/c1-12(23-16-5-3-2-4-15(16)18)17(22)21-8-6-13(7-9-21)14-10-19-20-11-14/h2-5,10-13H,6-9H2,1H3,(H,19,20)/t12-/m1/s1. The smallest absolute Gasteiger partial charge is 0.235 e. The molecule has 1 N–H and O–H groups in total. The van der Waals surface area contributed by atoms with E-state index in [1.165, 1.54) is 17.3 Å². The van der Waals surface area contributed by atoms with E-state index in [1.807, 2.05) is 48.5 Å². The highest BCUT2D eigenvalue weighted by atomic mass is 35.5. The molecule has 4 nitrogen and oxygen atoms in total. The van der Waals surface area contributed by atoms with Gasteiger partial charge in [-0.15, -0.1) is 11.8 Å². The number of aromatic amines is 1. The van der Waals surface area contributed by atoms with Gasteiger partial charge in [-0.25, -0.2) is 0 Å². The molecule has 1 amide bonds. The molecule has 1 aliphatic heterocycles. The average Bonchev–Trinajstić information content (AvgIpc) is 3.11. The summed E-state index contributed by atoms with van der Waals surface area (Å²) >= 11 is 7.71. The molecule has 0 aliphatic carbocycles. The molecule has 0 unspecified atom stereocenters. The summed E-state index contributed by atoms with van der Waals surface area (Å²) in [6.45, 7) is 3.57. The van der Waals surface area contributed by atoms with Gasteiger partial charge >= 0.3 is 0 Å². The molecule has 1 aromatic carbocycles. The van der Waals surface area contributed by atoms with Gasteiger partial charge in [0.2, 0.25) is 5.91 Å². The highest BCUT2D eigenvalue weighted by Crippen LogP contribution is 2.32. The van der Waals surface area contributed by atoms with Gasteiger partial charge in [0.1, 0.15) is 0 Å². The zero-order valence-corrected chi connectivity index (χ0v) is 14.6. The number of nitrogens with one attached hydrogen (secondary N) is 1. The van der Waals surface area contributed by atoms with Crippen LogP contribution in [-0.4, -0.2) is 39.3 Å². The lowest BCUT2D eigenvalue weighted by Gasteiger charge is -2.33. The van der Waals surface area contributed by atoms with Crippen LogP contribution < -0.4 is 0 Å². The maximum atomic E-state index is 12.7. The van der Waals surface area contributed by atoms with Gasteiger partial charge < -0.3 is 4.90 Å². The van der Waals surface area contributed by atoms with E-state index in [2.05, 4.69) is 10.2 Å². The predicted octanol–water partition coefficient (Wildman–Crippen LogP) is 3.95. The number of aromatic nitrogens is 2. The van der Waals surface area contributed by atoms with Crippen LogP contribution in [0.1, 0.15) is 31.2 Å². The van der Waals surface area contributed by atoms with Gasteiger partial charge in [0.25, 0.3) is 0 Å². The quantitative estimate of drug-likeness (QED) is 0.850. The lowest BCUT2D eigenvalue weighted by atomic mass is 9.91. The number of carbonyl (C=O) groups excluding carboxylic acids is 1. The highest BCUT2D eigenvalue weighted by molar-refractivity contribution is 8.00. The summed E-state index contributed by atoms with van der Waals surface area (Å²) in [5.41, 5.74) is 1.25. The normalized spacial score (nSPS) is 17.2. The van der Waals surface area contributed by atoms with E-state index in [0.717, 1.165) is 30.8 Å². The van der Waals surface area contributed by atoms with Crippen molar-refractivity contribution in [3.8, 4) is 0 Å². The zero-order chi connectivity index (χ0) is 16.2. The lowest BCUT2D eigenvalue weighted by Crippen LogP contribution is -2.41. The summed E-state index contributed by atoms with van der Waals surface area (Å²) in [5, 5.41) is 7.46. The number of nitrogens with zero attached hydrogens (tertiary/aromatic N) is 2. The Morgan fingerprint density at radius 1 is 1.39 bits per heavy atom. The second-order valence-corrected chi connectivity index (χ2v) is 7.61. The summed E-state index contributed by atoms with van der Waals surface area (Å²) < 4.78 is 0. The van der Waals surface area contributed by atoms with Crippen molar-refractivity contribution in [3.05, 3.63) is 47.2 Å². The van der Waals surface area contributed by atoms with Gasteiger partial charge in [-0.05, 0) is 43.4 Å². The van der Waals surface area contributed by atoms with Crippen LogP contribution in [0.4, 0.5) is 0 Å². The fourth-order valence-electron chi connectivity index (χ4n) is 2.96. The number of H-pyrrole nitrogens is 1. The Bertz CT molecular complexity index is 654. The first-order valence-electron chi connectivity index (χ1n) is 7.84. The third kappa shape index (κ3) is 3.90. The third-order valence-corrected chi connectivity index (χ3v) is 5.89. The molecule has 1 fully saturated rings. The van der Waals surface area contributed by atoms with Crippen LogP contribution in [-0.2, 0) is 4.79 Å². The first-order valence-corrected chi connectivity index (χ1v) is 9.09. The van der Waals surface area contributed by atoms with E-state index in [9.17, 15) is 4.79 Å². The number of hydrogen-bond donors (Lipinski definition) is 1. The summed E-state index contributed by atoms with van der Waals surface area (Å²) in [7, 11) is 0. The maximum absolute atomic E-state index is 12.7. The molecule has 3 rings (SSSR count). The summed E-state index contributed by atoms with van der Waals surface area (Å²) in [5.74, 6) is 0.699. The maximum Gasteiger partial charge on any atom is 0.235 e. The van der Waals surface area contributed by atoms with Crippen LogP contribution in [0.2, 0.25) is 5.02 Å².